The molecule has 0 aromatic heterocycles. The van der Waals surface area contributed by atoms with Crippen LogP contribution >= 0.6 is 0 Å². The van der Waals surface area contributed by atoms with Crippen molar-refractivity contribution in [2.75, 3.05) is 13.7 Å². The second-order valence-electron chi connectivity index (χ2n) is 8.48. The highest BCUT2D eigenvalue weighted by molar-refractivity contribution is 5.49. The van der Waals surface area contributed by atoms with Crippen molar-refractivity contribution in [2.45, 2.75) is 58.9 Å². The van der Waals surface area contributed by atoms with Crippen LogP contribution in [0.4, 0.5) is 0 Å². The fourth-order valence-corrected chi connectivity index (χ4v) is 2.86. The molecule has 1 aliphatic heterocycles. The van der Waals surface area contributed by atoms with Crippen molar-refractivity contribution >= 4 is 0 Å². The third-order valence-electron chi connectivity index (χ3n) is 4.11. The molecule has 1 heterocycles. The van der Waals surface area contributed by atoms with E-state index in [4.69, 9.17) is 0 Å². The lowest BCUT2D eigenvalue weighted by atomic mass is 9.78. The zero-order valence-electron chi connectivity index (χ0n) is 15.1. The van der Waals surface area contributed by atoms with E-state index < -0.39 is 0 Å². The van der Waals surface area contributed by atoms with Gasteiger partial charge in [0.1, 0.15) is 5.75 Å². The summed E-state index contributed by atoms with van der Waals surface area (Å²) in [5.41, 5.74) is 3.18. The highest BCUT2D eigenvalue weighted by Gasteiger charge is 2.26. The highest BCUT2D eigenvalue weighted by Crippen LogP contribution is 2.40. The maximum absolute atomic E-state index is 10.8. The first-order chi connectivity index (χ1) is 9.98. The Hall–Kier alpha value is -1.64. The van der Waals surface area contributed by atoms with Crippen molar-refractivity contribution in [1.82, 2.24) is 9.80 Å². The fourth-order valence-electron chi connectivity index (χ4n) is 2.86. The van der Waals surface area contributed by atoms with Crippen molar-refractivity contribution in [3.63, 3.8) is 0 Å². The van der Waals surface area contributed by atoms with Gasteiger partial charge in [-0.05, 0) is 39.7 Å². The number of aromatic hydroxyl groups is 1. The van der Waals surface area contributed by atoms with E-state index in [-0.39, 0.29) is 10.8 Å². The van der Waals surface area contributed by atoms with Crippen LogP contribution < -0.4 is 0 Å². The first-order valence-electron chi connectivity index (χ1n) is 7.98. The SMILES string of the molecule is CN1C=CN(Cc2cc(C(C)(C)C)c(O)c(C(C)(C)C)c2)C1. The molecular weight excluding hydrogens is 272 g/mol. The standard InChI is InChI=1S/C19H30N2O/c1-18(2,3)15-10-14(12-21-9-8-20(7)13-21)11-16(17(15)22)19(4,5)6/h8-11,22H,12-13H2,1-7H3. The molecule has 1 aliphatic rings. The molecule has 0 radical (unpaired) electrons. The number of rotatable bonds is 2. The van der Waals surface area contributed by atoms with Gasteiger partial charge in [-0.1, -0.05) is 41.5 Å². The highest BCUT2D eigenvalue weighted by atomic mass is 16.3. The van der Waals surface area contributed by atoms with Gasteiger partial charge in [0.05, 0.1) is 6.67 Å². The van der Waals surface area contributed by atoms with Crippen molar-refractivity contribution in [1.29, 1.82) is 0 Å². The van der Waals surface area contributed by atoms with E-state index in [2.05, 4.69) is 82.9 Å². The molecule has 0 atom stereocenters. The number of hydrogen-bond donors (Lipinski definition) is 1. The van der Waals surface area contributed by atoms with Gasteiger partial charge in [-0.2, -0.15) is 0 Å². The molecule has 22 heavy (non-hydrogen) atoms. The quantitative estimate of drug-likeness (QED) is 0.888. The summed E-state index contributed by atoms with van der Waals surface area (Å²) in [7, 11) is 2.08. The summed E-state index contributed by atoms with van der Waals surface area (Å²) in [5.74, 6) is 0.456. The molecule has 1 N–H and O–H groups in total. The maximum atomic E-state index is 10.8. The number of phenols is 1. The third kappa shape index (κ3) is 3.57. The van der Waals surface area contributed by atoms with Crippen LogP contribution in [0.1, 0.15) is 58.2 Å². The monoisotopic (exact) mass is 302 g/mol. The van der Waals surface area contributed by atoms with Crippen LogP contribution in [-0.2, 0) is 17.4 Å². The molecule has 0 saturated carbocycles. The van der Waals surface area contributed by atoms with Crippen molar-refractivity contribution < 1.29 is 5.11 Å². The Labute approximate surface area is 135 Å². The molecule has 0 amide bonds. The van der Waals surface area contributed by atoms with E-state index >= 15 is 0 Å². The summed E-state index contributed by atoms with van der Waals surface area (Å²) in [4.78, 5) is 4.45. The summed E-state index contributed by atoms with van der Waals surface area (Å²) in [5, 5.41) is 10.8. The molecule has 0 unspecified atom stereocenters. The summed E-state index contributed by atoms with van der Waals surface area (Å²) in [6.07, 6.45) is 4.22. The average Bonchev–Trinajstić information content (AvgIpc) is 2.74. The zero-order chi connectivity index (χ0) is 16.7. The number of benzene rings is 1. The Bertz CT molecular complexity index is 541. The Morgan fingerprint density at radius 1 is 0.955 bits per heavy atom. The topological polar surface area (TPSA) is 26.7 Å². The van der Waals surface area contributed by atoms with Gasteiger partial charge in [0.2, 0.25) is 0 Å². The molecule has 3 heteroatoms. The molecule has 1 aromatic rings. The lowest BCUT2D eigenvalue weighted by Crippen LogP contribution is -2.23. The van der Waals surface area contributed by atoms with E-state index in [9.17, 15) is 5.11 Å². The summed E-state index contributed by atoms with van der Waals surface area (Å²) >= 11 is 0. The number of phenolic OH excluding ortho intramolecular Hbond substituents is 1. The van der Waals surface area contributed by atoms with Crippen LogP contribution in [0.15, 0.2) is 24.5 Å². The number of nitrogens with zero attached hydrogens (tertiary/aromatic N) is 2. The number of hydrogen-bond acceptors (Lipinski definition) is 3. The van der Waals surface area contributed by atoms with E-state index in [1.165, 1.54) is 5.56 Å². The molecule has 1 aromatic carbocycles. The van der Waals surface area contributed by atoms with Gasteiger partial charge in [0, 0.05) is 26.0 Å². The van der Waals surface area contributed by atoms with Gasteiger partial charge >= 0.3 is 0 Å². The lowest BCUT2D eigenvalue weighted by Gasteiger charge is -2.29. The van der Waals surface area contributed by atoms with Crippen LogP contribution in [0.25, 0.3) is 0 Å². The Morgan fingerprint density at radius 2 is 1.45 bits per heavy atom. The summed E-state index contributed by atoms with van der Waals surface area (Å²) in [6, 6.07) is 4.33. The molecule has 0 saturated heterocycles. The second-order valence-corrected chi connectivity index (χ2v) is 8.48. The van der Waals surface area contributed by atoms with Crippen LogP contribution in [0.5, 0.6) is 5.75 Å². The van der Waals surface area contributed by atoms with Crippen molar-refractivity contribution in [3.05, 3.63) is 41.2 Å². The first-order valence-corrected chi connectivity index (χ1v) is 7.98. The lowest BCUT2D eigenvalue weighted by molar-refractivity contribution is 0.290. The van der Waals surface area contributed by atoms with Gasteiger partial charge in [-0.3, -0.25) is 0 Å². The minimum atomic E-state index is -0.0717. The molecule has 0 bridgehead atoms. The third-order valence-corrected chi connectivity index (χ3v) is 4.11. The van der Waals surface area contributed by atoms with Gasteiger partial charge in [0.25, 0.3) is 0 Å². The van der Waals surface area contributed by atoms with Crippen LogP contribution in [0.3, 0.4) is 0 Å². The normalized spacial score (nSPS) is 15.8. The largest absolute Gasteiger partial charge is 0.507 e. The van der Waals surface area contributed by atoms with Gasteiger partial charge < -0.3 is 14.9 Å². The molecule has 0 fully saturated rings. The summed E-state index contributed by atoms with van der Waals surface area (Å²) in [6.45, 7) is 14.7. The van der Waals surface area contributed by atoms with E-state index in [0.29, 0.717) is 5.75 Å². The predicted octanol–water partition coefficient (Wildman–Crippen LogP) is 4.16. The smallest absolute Gasteiger partial charge is 0.123 e. The summed E-state index contributed by atoms with van der Waals surface area (Å²) < 4.78 is 0. The van der Waals surface area contributed by atoms with E-state index in [1.807, 2.05) is 0 Å². The van der Waals surface area contributed by atoms with Crippen LogP contribution in [0, 0.1) is 0 Å². The fraction of sp³-hybridized carbons (Fsp3) is 0.579. The van der Waals surface area contributed by atoms with E-state index in [0.717, 1.165) is 24.3 Å². The minimum Gasteiger partial charge on any atom is -0.507 e. The second kappa shape index (κ2) is 5.53. The Balaban J connectivity index is 2.44. The predicted molar refractivity (Wildman–Crippen MR) is 92.8 cm³/mol. The Kier molecular flexibility index (Phi) is 4.20. The molecule has 122 valence electrons. The average molecular weight is 302 g/mol. The van der Waals surface area contributed by atoms with Crippen molar-refractivity contribution in [3.8, 4) is 5.75 Å². The van der Waals surface area contributed by atoms with E-state index in [1.54, 1.807) is 0 Å². The zero-order valence-corrected chi connectivity index (χ0v) is 15.1. The first kappa shape index (κ1) is 16.7. The molecule has 3 nitrogen and oxygen atoms in total. The molecule has 0 aliphatic carbocycles. The molecular formula is C19H30N2O. The van der Waals surface area contributed by atoms with Gasteiger partial charge in [-0.25, -0.2) is 0 Å². The minimum absolute atomic E-state index is 0.0717. The Morgan fingerprint density at radius 3 is 1.82 bits per heavy atom. The molecule has 2 rings (SSSR count). The van der Waals surface area contributed by atoms with Crippen molar-refractivity contribution in [2.24, 2.45) is 0 Å². The maximum Gasteiger partial charge on any atom is 0.123 e. The van der Waals surface area contributed by atoms with Gasteiger partial charge in [0.15, 0.2) is 0 Å². The van der Waals surface area contributed by atoms with Crippen LogP contribution in [0.2, 0.25) is 0 Å². The van der Waals surface area contributed by atoms with Crippen LogP contribution in [-0.4, -0.2) is 28.6 Å². The van der Waals surface area contributed by atoms with Gasteiger partial charge in [-0.15, -0.1) is 0 Å². The molecule has 0 spiro atoms.